The number of nitrogens with one attached hydrogen (secondary N) is 2. The van der Waals surface area contributed by atoms with E-state index >= 15 is 0 Å². The molecule has 5 aromatic heterocycles. The molecule has 0 aliphatic heterocycles. The number of hydrogen-bond donors (Lipinski definition) is 4. The Balaban J connectivity index is 0.000000182. The number of aryl methyl sites for hydroxylation is 6. The summed E-state index contributed by atoms with van der Waals surface area (Å²) in [7, 11) is 0. The normalized spacial score (nSPS) is 10.6. The molecular formula is C36H32Br4KN6O8+. The van der Waals surface area contributed by atoms with Crippen LogP contribution < -0.4 is 68.6 Å². The monoisotopic (exact) mass is 1030 g/mol. The molecule has 0 aliphatic rings. The topological polar surface area (TPSA) is 216 Å². The molecule has 0 saturated heterocycles. The van der Waals surface area contributed by atoms with Gasteiger partial charge in [-0.3, -0.25) is 9.97 Å². The van der Waals surface area contributed by atoms with Crippen LogP contribution in [0, 0.1) is 48.5 Å². The van der Waals surface area contributed by atoms with E-state index in [0.29, 0.717) is 43.9 Å². The van der Waals surface area contributed by atoms with Gasteiger partial charge in [-0.15, -0.1) is 0 Å². The summed E-state index contributed by atoms with van der Waals surface area (Å²) in [5.41, 5.74) is 15.1. The zero-order valence-corrected chi connectivity index (χ0v) is 40.2. The minimum absolute atomic E-state index is 0. The van der Waals surface area contributed by atoms with Gasteiger partial charge in [0, 0.05) is 25.6 Å². The van der Waals surface area contributed by atoms with Gasteiger partial charge in [-0.05, 0) is 122 Å². The van der Waals surface area contributed by atoms with Gasteiger partial charge in [-0.25, -0.2) is 9.59 Å². The first-order chi connectivity index (χ1) is 25.4. The summed E-state index contributed by atoms with van der Waals surface area (Å²) in [5.74, 6) is 1.43. The summed E-state index contributed by atoms with van der Waals surface area (Å²) in [6.45, 7) is 13.3. The van der Waals surface area contributed by atoms with Crippen LogP contribution in [-0.2, 0) is 0 Å². The standard InChI is InChI=1S/C17H15N3O4.C7H3Br2NO2.C6H5Br2NO.C6H9NO.K/c1-7-14(9(3)23-19-7)11-5-12(15-8(2)20-24-10(15)4)16-13(6-11)18-17(21)22-16;8-3-1-4(9)6-5(2-3)10-7(11)12-6;7-3-1-4(8)6(10)5(9)2-3;1-4-5(2)7-8-6(4)3;/h5-6H,1-4H3,(H,18,21);1-2H,(H,10,11);1-2,10H,9H2;1-3H3;/q;;;;+1. The quantitative estimate of drug-likeness (QED) is 0.0757. The van der Waals surface area contributed by atoms with Crippen LogP contribution in [0.5, 0.6) is 5.75 Å². The molecule has 55 heavy (non-hydrogen) atoms. The number of anilines is 1. The molecule has 5 heterocycles. The molecular weight excluding hydrogens is 1000 g/mol. The van der Waals surface area contributed by atoms with Crippen molar-refractivity contribution in [3.63, 3.8) is 0 Å². The summed E-state index contributed by atoms with van der Waals surface area (Å²) in [6.07, 6.45) is 0. The Morgan fingerprint density at radius 1 is 0.618 bits per heavy atom. The fourth-order valence-corrected chi connectivity index (χ4v) is 7.82. The van der Waals surface area contributed by atoms with Crippen molar-refractivity contribution in [2.75, 3.05) is 5.73 Å². The second-order valence-electron chi connectivity index (χ2n) is 11.9. The number of nitrogens with zero attached hydrogens (tertiary/aromatic N) is 3. The molecule has 0 unspecified atom stereocenters. The molecule has 0 atom stereocenters. The minimum atomic E-state index is -0.506. The number of fused-ring (bicyclic) bond motifs is 2. The third kappa shape index (κ3) is 10.5. The van der Waals surface area contributed by atoms with Gasteiger partial charge < -0.3 is 33.2 Å². The van der Waals surface area contributed by atoms with E-state index in [-0.39, 0.29) is 57.1 Å². The van der Waals surface area contributed by atoms with Crippen LogP contribution in [-0.4, -0.2) is 30.5 Å². The summed E-state index contributed by atoms with van der Waals surface area (Å²) in [5, 5.41) is 20.9. The predicted molar refractivity (Wildman–Crippen MR) is 218 cm³/mol. The molecule has 0 radical (unpaired) electrons. The van der Waals surface area contributed by atoms with Gasteiger partial charge in [0.25, 0.3) is 0 Å². The maximum absolute atomic E-state index is 11.7. The van der Waals surface area contributed by atoms with E-state index in [4.69, 9.17) is 33.2 Å². The van der Waals surface area contributed by atoms with Gasteiger partial charge in [0.1, 0.15) is 17.3 Å². The number of phenols is 1. The molecule has 0 aliphatic carbocycles. The Morgan fingerprint density at radius 2 is 1.11 bits per heavy atom. The number of aromatic nitrogens is 5. The Labute approximate surface area is 388 Å². The number of aromatic amines is 2. The maximum atomic E-state index is 11.7. The van der Waals surface area contributed by atoms with Crippen molar-refractivity contribution in [1.29, 1.82) is 0 Å². The number of aromatic hydroxyl groups is 1. The van der Waals surface area contributed by atoms with E-state index in [2.05, 4.69) is 89.2 Å². The molecule has 19 heteroatoms. The zero-order valence-electron chi connectivity index (χ0n) is 30.7. The summed E-state index contributed by atoms with van der Waals surface area (Å²) < 4.78 is 28.7. The van der Waals surface area contributed by atoms with E-state index in [0.717, 1.165) is 64.1 Å². The van der Waals surface area contributed by atoms with Gasteiger partial charge in [0.2, 0.25) is 0 Å². The smallest absolute Gasteiger partial charge is 0.505 e. The van der Waals surface area contributed by atoms with Crippen LogP contribution in [0.2, 0.25) is 0 Å². The van der Waals surface area contributed by atoms with Crippen LogP contribution in [0.15, 0.2) is 86.3 Å². The molecule has 3 aromatic carbocycles. The number of nitrogen functional groups attached to an aromatic ring is 1. The Morgan fingerprint density at radius 3 is 1.60 bits per heavy atom. The fraction of sp³-hybridized carbons (Fsp3) is 0.194. The number of phenolic OH excluding ortho intramolecular Hbond substituents is 1. The van der Waals surface area contributed by atoms with E-state index < -0.39 is 11.5 Å². The largest absolute Gasteiger partial charge is 1.00 e. The molecule has 282 valence electrons. The Bertz CT molecular complexity index is 2660. The zero-order chi connectivity index (χ0) is 39.6. The number of rotatable bonds is 2. The van der Waals surface area contributed by atoms with E-state index in [1.54, 1.807) is 18.2 Å². The van der Waals surface area contributed by atoms with Crippen LogP contribution in [0.3, 0.4) is 0 Å². The van der Waals surface area contributed by atoms with Crippen LogP contribution in [0.4, 0.5) is 5.69 Å². The summed E-state index contributed by atoms with van der Waals surface area (Å²) in [6, 6.07) is 10.8. The average Bonchev–Trinajstić information content (AvgIpc) is 3.90. The van der Waals surface area contributed by atoms with Gasteiger partial charge >= 0.3 is 62.9 Å². The molecule has 0 fully saturated rings. The average molecular weight is 1040 g/mol. The second-order valence-corrected chi connectivity index (χ2v) is 15.4. The Hall–Kier alpha value is -3.01. The maximum Gasteiger partial charge on any atom is 1.00 e. The van der Waals surface area contributed by atoms with Gasteiger partial charge in [0.05, 0.1) is 48.3 Å². The molecule has 14 nitrogen and oxygen atoms in total. The molecule has 0 amide bonds. The number of oxazole rings is 2. The molecule has 0 spiro atoms. The minimum Gasteiger partial charge on any atom is -0.505 e. The van der Waals surface area contributed by atoms with Crippen LogP contribution >= 0.6 is 63.7 Å². The van der Waals surface area contributed by atoms with E-state index in [9.17, 15) is 9.59 Å². The van der Waals surface area contributed by atoms with Crippen LogP contribution in [0.1, 0.15) is 39.9 Å². The first kappa shape index (κ1) is 44.7. The Kier molecular flexibility index (Phi) is 15.4. The SMILES string of the molecule is Cc1noc(C)c1-c1cc(-c2c(C)noc2C)c2oc(=O)[nH]c2c1.Cc1noc(C)c1C.Nc1cc(Br)cc(Br)c1O.O=c1[nH]c2cc(Br)cc(Br)c2o1.[K+]. The van der Waals surface area contributed by atoms with Crippen LogP contribution in [0.25, 0.3) is 44.5 Å². The van der Waals surface area contributed by atoms with Gasteiger partial charge in [-0.1, -0.05) is 47.3 Å². The third-order valence-corrected chi connectivity index (χ3v) is 10.1. The summed E-state index contributed by atoms with van der Waals surface area (Å²) in [4.78, 5) is 27.8. The molecule has 0 saturated carbocycles. The molecule has 5 N–H and O–H groups in total. The van der Waals surface area contributed by atoms with Crippen molar-refractivity contribution < 1.29 is 78.9 Å². The van der Waals surface area contributed by atoms with Gasteiger partial charge in [-0.2, -0.15) is 0 Å². The predicted octanol–water partition coefficient (Wildman–Crippen LogP) is 7.41. The first-order valence-corrected chi connectivity index (χ1v) is 19.0. The molecule has 0 bridgehead atoms. The van der Waals surface area contributed by atoms with Gasteiger partial charge in [0.15, 0.2) is 16.9 Å². The number of hydrogen-bond acceptors (Lipinski definition) is 12. The molecule has 8 rings (SSSR count). The van der Waals surface area contributed by atoms with Crippen molar-refractivity contribution >= 4 is 91.6 Å². The first-order valence-electron chi connectivity index (χ1n) is 15.8. The number of H-pyrrole nitrogens is 2. The number of halogens is 4. The second kappa shape index (κ2) is 19.0. The van der Waals surface area contributed by atoms with Crippen molar-refractivity contribution in [2.45, 2.75) is 48.5 Å². The fourth-order valence-electron chi connectivity index (χ4n) is 5.25. The van der Waals surface area contributed by atoms with Crippen molar-refractivity contribution in [3.05, 3.63) is 115 Å². The van der Waals surface area contributed by atoms with E-state index in [1.165, 1.54) is 0 Å². The van der Waals surface area contributed by atoms with E-state index in [1.807, 2.05) is 66.7 Å². The van der Waals surface area contributed by atoms with Crippen molar-refractivity contribution in [3.8, 4) is 28.0 Å². The third-order valence-electron chi connectivity index (χ3n) is 8.03. The number of benzene rings is 3. The van der Waals surface area contributed by atoms with Crippen molar-refractivity contribution in [1.82, 2.24) is 25.4 Å². The van der Waals surface area contributed by atoms with Crippen molar-refractivity contribution in [2.24, 2.45) is 0 Å². The number of nitrogens with two attached hydrogens (primary N) is 1. The molecule has 8 aromatic rings. The summed E-state index contributed by atoms with van der Waals surface area (Å²) >= 11 is 12.9.